The molecule has 1 amide bonds. The number of carbonyl (C=O) groups is 2. The highest BCUT2D eigenvalue weighted by Crippen LogP contribution is 2.58. The highest BCUT2D eigenvalue weighted by Gasteiger charge is 2.66. The number of nitrogens with one attached hydrogen (secondary N) is 1. The molecule has 20 heavy (non-hydrogen) atoms. The smallest absolute Gasteiger partial charge is 0.307 e. The molecule has 2 atom stereocenters. The lowest BCUT2D eigenvalue weighted by Crippen LogP contribution is -2.46. The molecule has 2 saturated carbocycles. The van der Waals surface area contributed by atoms with Crippen LogP contribution in [0.15, 0.2) is 0 Å². The number of carboxylic acids is 1. The number of hydrogen-bond acceptors (Lipinski definition) is 3. The van der Waals surface area contributed by atoms with E-state index in [-0.39, 0.29) is 17.9 Å². The summed E-state index contributed by atoms with van der Waals surface area (Å²) in [6.07, 6.45) is 4.64. The molecular formula is C15H24N2O3. The third-order valence-corrected chi connectivity index (χ3v) is 5.32. The zero-order valence-electron chi connectivity index (χ0n) is 12.3. The van der Waals surface area contributed by atoms with Gasteiger partial charge in [0.1, 0.15) is 0 Å². The van der Waals surface area contributed by atoms with E-state index in [1.807, 2.05) is 13.8 Å². The summed E-state index contributed by atoms with van der Waals surface area (Å²) < 4.78 is 0. The van der Waals surface area contributed by atoms with E-state index in [9.17, 15) is 9.59 Å². The monoisotopic (exact) mass is 280 g/mol. The molecule has 3 rings (SSSR count). The molecule has 0 spiro atoms. The van der Waals surface area contributed by atoms with Crippen molar-refractivity contribution in [2.75, 3.05) is 13.1 Å². The van der Waals surface area contributed by atoms with Crippen LogP contribution in [-0.4, -0.2) is 47.1 Å². The zero-order valence-corrected chi connectivity index (χ0v) is 12.3. The summed E-state index contributed by atoms with van der Waals surface area (Å²) >= 11 is 0. The summed E-state index contributed by atoms with van der Waals surface area (Å²) in [5, 5.41) is 12.2. The molecule has 2 aliphatic carbocycles. The molecule has 5 heteroatoms. The molecule has 0 bridgehead atoms. The highest BCUT2D eigenvalue weighted by atomic mass is 16.4. The van der Waals surface area contributed by atoms with Gasteiger partial charge in [0.15, 0.2) is 0 Å². The third-order valence-electron chi connectivity index (χ3n) is 5.32. The van der Waals surface area contributed by atoms with Gasteiger partial charge in [-0.3, -0.25) is 9.59 Å². The van der Waals surface area contributed by atoms with E-state index in [2.05, 4.69) is 10.2 Å². The topological polar surface area (TPSA) is 69.6 Å². The lowest BCUT2D eigenvalue weighted by atomic mass is 10.0. The van der Waals surface area contributed by atoms with Crippen molar-refractivity contribution in [3.05, 3.63) is 0 Å². The van der Waals surface area contributed by atoms with E-state index in [1.54, 1.807) is 0 Å². The predicted molar refractivity (Wildman–Crippen MR) is 74.2 cm³/mol. The largest absolute Gasteiger partial charge is 0.481 e. The number of likely N-dealkylation sites (tertiary alicyclic amines) is 1. The number of nitrogens with zero attached hydrogens (tertiary/aromatic N) is 1. The molecular weight excluding hydrogens is 256 g/mol. The summed E-state index contributed by atoms with van der Waals surface area (Å²) in [4.78, 5) is 25.9. The van der Waals surface area contributed by atoms with Crippen LogP contribution in [0.1, 0.15) is 39.5 Å². The van der Waals surface area contributed by atoms with Gasteiger partial charge >= 0.3 is 5.97 Å². The molecule has 0 unspecified atom stereocenters. The van der Waals surface area contributed by atoms with Gasteiger partial charge in [0, 0.05) is 25.2 Å². The van der Waals surface area contributed by atoms with Gasteiger partial charge in [0.25, 0.3) is 0 Å². The second kappa shape index (κ2) is 4.72. The van der Waals surface area contributed by atoms with Crippen molar-refractivity contribution in [3.63, 3.8) is 0 Å². The molecule has 3 fully saturated rings. The Hall–Kier alpha value is -1.10. The van der Waals surface area contributed by atoms with Crippen LogP contribution in [0.5, 0.6) is 0 Å². The standard InChI is InChI=1S/C15H24N2O3/c1-15(2)11(12(15)14(19)20)13(18)16-9-5-7-17(8-6-9)10-3-4-10/h9-12H,3-8H2,1-2H3,(H,16,18)(H,19,20)/t11-,12+/m1/s1. The van der Waals surface area contributed by atoms with Crippen molar-refractivity contribution in [3.8, 4) is 0 Å². The minimum atomic E-state index is -0.848. The Bertz CT molecular complexity index is 423. The highest BCUT2D eigenvalue weighted by molar-refractivity contribution is 5.91. The SMILES string of the molecule is CC1(C)[C@H](C(=O)O)[C@@H]1C(=O)NC1CCN(C2CC2)CC1. The maximum Gasteiger partial charge on any atom is 0.307 e. The Morgan fingerprint density at radius 2 is 1.70 bits per heavy atom. The molecule has 1 saturated heterocycles. The number of piperidine rings is 1. The van der Waals surface area contributed by atoms with Gasteiger partial charge < -0.3 is 15.3 Å². The molecule has 0 aromatic carbocycles. The van der Waals surface area contributed by atoms with Crippen molar-refractivity contribution in [2.24, 2.45) is 17.3 Å². The maximum absolute atomic E-state index is 12.2. The van der Waals surface area contributed by atoms with Gasteiger partial charge in [-0.1, -0.05) is 13.8 Å². The van der Waals surface area contributed by atoms with Gasteiger partial charge in [-0.15, -0.1) is 0 Å². The van der Waals surface area contributed by atoms with Crippen molar-refractivity contribution in [2.45, 2.75) is 51.6 Å². The number of hydrogen-bond donors (Lipinski definition) is 2. The maximum atomic E-state index is 12.2. The first-order chi connectivity index (χ1) is 9.41. The molecule has 1 aliphatic heterocycles. The molecule has 1 heterocycles. The number of amides is 1. The van der Waals surface area contributed by atoms with Crippen molar-refractivity contribution in [1.29, 1.82) is 0 Å². The summed E-state index contributed by atoms with van der Waals surface area (Å²) in [5.74, 6) is -1.79. The van der Waals surface area contributed by atoms with Crippen LogP contribution < -0.4 is 5.32 Å². The van der Waals surface area contributed by atoms with E-state index in [4.69, 9.17) is 5.11 Å². The third kappa shape index (κ3) is 2.43. The average molecular weight is 280 g/mol. The lowest BCUT2D eigenvalue weighted by molar-refractivity contribution is -0.140. The van der Waals surface area contributed by atoms with Crippen LogP contribution in [0.2, 0.25) is 0 Å². The molecule has 0 radical (unpaired) electrons. The number of rotatable bonds is 4. The summed E-state index contributed by atoms with van der Waals surface area (Å²) in [5.41, 5.74) is -0.398. The van der Waals surface area contributed by atoms with Crippen molar-refractivity contribution in [1.82, 2.24) is 10.2 Å². The van der Waals surface area contributed by atoms with E-state index >= 15 is 0 Å². The van der Waals surface area contributed by atoms with E-state index in [0.717, 1.165) is 32.0 Å². The van der Waals surface area contributed by atoms with Crippen LogP contribution in [0.4, 0.5) is 0 Å². The van der Waals surface area contributed by atoms with Crippen LogP contribution >= 0.6 is 0 Å². The zero-order chi connectivity index (χ0) is 14.5. The summed E-state index contributed by atoms with van der Waals surface area (Å²) in [7, 11) is 0. The number of carbonyl (C=O) groups excluding carboxylic acids is 1. The minimum absolute atomic E-state index is 0.0627. The molecule has 0 aromatic heterocycles. The Morgan fingerprint density at radius 3 is 2.15 bits per heavy atom. The van der Waals surface area contributed by atoms with Crippen LogP contribution in [-0.2, 0) is 9.59 Å². The quantitative estimate of drug-likeness (QED) is 0.808. The Morgan fingerprint density at radius 1 is 1.10 bits per heavy atom. The van der Waals surface area contributed by atoms with Crippen LogP contribution in [0.25, 0.3) is 0 Å². The van der Waals surface area contributed by atoms with Crippen LogP contribution in [0.3, 0.4) is 0 Å². The fourth-order valence-electron chi connectivity index (χ4n) is 3.73. The fraction of sp³-hybridized carbons (Fsp3) is 0.867. The van der Waals surface area contributed by atoms with Gasteiger partial charge in [0.2, 0.25) is 5.91 Å². The van der Waals surface area contributed by atoms with Crippen molar-refractivity contribution < 1.29 is 14.7 Å². The van der Waals surface area contributed by atoms with Gasteiger partial charge in [-0.2, -0.15) is 0 Å². The first kappa shape index (κ1) is 13.9. The number of carboxylic acid groups (broad SMARTS) is 1. The molecule has 112 valence electrons. The minimum Gasteiger partial charge on any atom is -0.481 e. The first-order valence-electron chi connectivity index (χ1n) is 7.68. The van der Waals surface area contributed by atoms with Gasteiger partial charge in [-0.25, -0.2) is 0 Å². The second-order valence-corrected chi connectivity index (χ2v) is 7.16. The fourth-order valence-corrected chi connectivity index (χ4v) is 3.73. The van der Waals surface area contributed by atoms with Crippen LogP contribution in [0, 0.1) is 17.3 Å². The molecule has 5 nitrogen and oxygen atoms in total. The molecule has 0 aromatic rings. The Balaban J connectivity index is 1.49. The van der Waals surface area contributed by atoms with E-state index in [0.29, 0.717) is 0 Å². The average Bonchev–Trinajstić information content (AvgIpc) is 3.25. The van der Waals surface area contributed by atoms with Gasteiger partial charge in [0.05, 0.1) is 11.8 Å². The summed E-state index contributed by atoms with van der Waals surface area (Å²) in [6, 6.07) is 1.02. The number of aliphatic carboxylic acids is 1. The lowest BCUT2D eigenvalue weighted by Gasteiger charge is -2.32. The second-order valence-electron chi connectivity index (χ2n) is 7.16. The van der Waals surface area contributed by atoms with Gasteiger partial charge in [-0.05, 0) is 31.1 Å². The van der Waals surface area contributed by atoms with Crippen molar-refractivity contribution >= 4 is 11.9 Å². The first-order valence-corrected chi connectivity index (χ1v) is 7.68. The molecule has 3 aliphatic rings. The normalized spacial score (nSPS) is 33.7. The predicted octanol–water partition coefficient (Wildman–Crippen LogP) is 1.09. The molecule has 2 N–H and O–H groups in total. The Kier molecular flexibility index (Phi) is 3.27. The Labute approximate surface area is 119 Å². The van der Waals surface area contributed by atoms with E-state index in [1.165, 1.54) is 12.8 Å². The van der Waals surface area contributed by atoms with E-state index < -0.39 is 17.3 Å². The summed E-state index contributed by atoms with van der Waals surface area (Å²) in [6.45, 7) is 5.86.